The summed E-state index contributed by atoms with van der Waals surface area (Å²) in [6.07, 6.45) is 6.08. The van der Waals surface area contributed by atoms with Gasteiger partial charge in [-0.1, -0.05) is 48.9 Å². The van der Waals surface area contributed by atoms with E-state index in [1.54, 1.807) is 6.07 Å². The maximum atomic E-state index is 10.3. The van der Waals surface area contributed by atoms with Gasteiger partial charge in [0.1, 0.15) is 6.10 Å². The van der Waals surface area contributed by atoms with Crippen LogP contribution in [-0.4, -0.2) is 57.4 Å². The zero-order valence-corrected chi connectivity index (χ0v) is 17.2. The van der Waals surface area contributed by atoms with Crippen molar-refractivity contribution in [1.29, 1.82) is 0 Å². The molecule has 7 nitrogen and oxygen atoms in total. The number of aliphatic carboxylic acids is 2. The third kappa shape index (κ3) is 3.97. The van der Waals surface area contributed by atoms with Crippen molar-refractivity contribution in [3.8, 4) is 11.5 Å². The standard InChI is InChI=1S/C22H25NO2.C2H2O4/c24-19-10-4-8-17-20(19)25-21-18-9-5-12-22(17,21)13-15-23(18)14-11-16-6-2-1-3-7-16;3-1(4)2(5)6/h1-4,6-8,10,18,21,24H,5,9,11-15H2;(H,3,4)(H,5,6)/t18-,21-,22-;/m0./s1. The number of rotatable bonds is 3. The lowest BCUT2D eigenvalue weighted by Crippen LogP contribution is -2.62. The lowest BCUT2D eigenvalue weighted by Gasteiger charge is -2.52. The Hall–Kier alpha value is -3.06. The van der Waals surface area contributed by atoms with Gasteiger partial charge in [-0.15, -0.1) is 0 Å². The van der Waals surface area contributed by atoms with Gasteiger partial charge in [-0.2, -0.15) is 0 Å². The topological polar surface area (TPSA) is 107 Å². The molecule has 31 heavy (non-hydrogen) atoms. The average molecular weight is 425 g/mol. The maximum Gasteiger partial charge on any atom is 0.414 e. The smallest absolute Gasteiger partial charge is 0.414 e. The van der Waals surface area contributed by atoms with E-state index in [0.29, 0.717) is 11.8 Å². The molecule has 0 spiro atoms. The van der Waals surface area contributed by atoms with Crippen LogP contribution in [0.25, 0.3) is 0 Å². The molecule has 5 rings (SSSR count). The minimum atomic E-state index is -1.82. The number of carboxylic acids is 2. The summed E-state index contributed by atoms with van der Waals surface area (Å²) in [5, 5.41) is 25.1. The van der Waals surface area contributed by atoms with Gasteiger partial charge in [-0.25, -0.2) is 9.59 Å². The van der Waals surface area contributed by atoms with Crippen LogP contribution in [0.3, 0.4) is 0 Å². The molecule has 2 aromatic rings. The molecule has 0 radical (unpaired) electrons. The molecule has 1 aliphatic carbocycles. The van der Waals surface area contributed by atoms with E-state index in [4.69, 9.17) is 24.5 Å². The molecule has 164 valence electrons. The fourth-order valence-electron chi connectivity index (χ4n) is 5.42. The SMILES string of the molecule is O=C(O)C(=O)O.Oc1cccc2c1O[C@H]1[C@@H]3CCC[C@]21CCN3CCc1ccccc1. The predicted octanol–water partition coefficient (Wildman–Crippen LogP) is 3.05. The zero-order chi connectivity index (χ0) is 22.0. The van der Waals surface area contributed by atoms with Gasteiger partial charge in [-0.3, -0.25) is 4.90 Å². The molecular formula is C24H27NO6. The van der Waals surface area contributed by atoms with Gasteiger partial charge in [0.15, 0.2) is 11.5 Å². The Labute approximate surface area is 180 Å². The number of hydrogen-bond acceptors (Lipinski definition) is 5. The van der Waals surface area contributed by atoms with Gasteiger partial charge in [0.2, 0.25) is 0 Å². The monoisotopic (exact) mass is 425 g/mol. The molecule has 2 bridgehead atoms. The number of aromatic hydroxyl groups is 1. The first-order chi connectivity index (χ1) is 14.9. The number of piperidine rings is 1. The Kier molecular flexibility index (Phi) is 5.87. The van der Waals surface area contributed by atoms with Crippen molar-refractivity contribution in [2.24, 2.45) is 0 Å². The summed E-state index contributed by atoms with van der Waals surface area (Å²) in [4.78, 5) is 20.8. The molecule has 0 amide bonds. The molecular weight excluding hydrogens is 398 g/mol. The third-order valence-electron chi connectivity index (χ3n) is 6.82. The summed E-state index contributed by atoms with van der Waals surface area (Å²) < 4.78 is 6.39. The number of ether oxygens (including phenoxy) is 1. The molecule has 3 aliphatic rings. The minimum absolute atomic E-state index is 0.125. The highest BCUT2D eigenvalue weighted by atomic mass is 16.5. The first kappa shape index (κ1) is 21.2. The van der Waals surface area contributed by atoms with E-state index >= 15 is 0 Å². The minimum Gasteiger partial charge on any atom is -0.504 e. The van der Waals surface area contributed by atoms with Gasteiger partial charge in [-0.05, 0) is 43.9 Å². The van der Waals surface area contributed by atoms with Gasteiger partial charge in [0.25, 0.3) is 0 Å². The fourth-order valence-corrected chi connectivity index (χ4v) is 5.42. The molecule has 0 aromatic heterocycles. The second-order valence-corrected chi connectivity index (χ2v) is 8.44. The van der Waals surface area contributed by atoms with E-state index in [1.165, 1.54) is 30.4 Å². The average Bonchev–Trinajstić information content (AvgIpc) is 3.12. The molecule has 2 fully saturated rings. The highest BCUT2D eigenvalue weighted by Crippen LogP contribution is 2.57. The highest BCUT2D eigenvalue weighted by Gasteiger charge is 2.58. The van der Waals surface area contributed by atoms with Crippen molar-refractivity contribution < 1.29 is 29.6 Å². The second kappa shape index (κ2) is 8.59. The number of para-hydroxylation sites is 1. The van der Waals surface area contributed by atoms with Crippen LogP contribution >= 0.6 is 0 Å². The Morgan fingerprint density at radius 1 is 1.03 bits per heavy atom. The number of hydrogen-bond donors (Lipinski definition) is 3. The van der Waals surface area contributed by atoms with Crippen LogP contribution in [0.5, 0.6) is 11.5 Å². The summed E-state index contributed by atoms with van der Waals surface area (Å²) >= 11 is 0. The first-order valence-corrected chi connectivity index (χ1v) is 10.7. The van der Waals surface area contributed by atoms with E-state index < -0.39 is 11.9 Å². The summed E-state index contributed by atoms with van der Waals surface area (Å²) in [6, 6.07) is 17.1. The lowest BCUT2D eigenvalue weighted by molar-refractivity contribution is -0.159. The lowest BCUT2D eigenvalue weighted by atomic mass is 9.62. The van der Waals surface area contributed by atoms with Crippen molar-refractivity contribution in [1.82, 2.24) is 4.90 Å². The summed E-state index contributed by atoms with van der Waals surface area (Å²) in [5.74, 6) is -2.59. The fraction of sp³-hybridized carbons (Fsp3) is 0.417. The van der Waals surface area contributed by atoms with E-state index in [0.717, 1.165) is 31.7 Å². The van der Waals surface area contributed by atoms with Crippen molar-refractivity contribution in [2.45, 2.75) is 49.7 Å². The number of carbonyl (C=O) groups is 2. The van der Waals surface area contributed by atoms with E-state index in [9.17, 15) is 5.11 Å². The normalized spacial score (nSPS) is 25.9. The molecule has 1 saturated heterocycles. The van der Waals surface area contributed by atoms with Crippen LogP contribution in [-0.2, 0) is 21.4 Å². The van der Waals surface area contributed by atoms with Crippen LogP contribution in [0.15, 0.2) is 48.5 Å². The Morgan fingerprint density at radius 2 is 1.77 bits per heavy atom. The molecule has 1 saturated carbocycles. The number of likely N-dealkylation sites (tertiary alicyclic amines) is 1. The summed E-state index contributed by atoms with van der Waals surface area (Å²) in [6.45, 7) is 2.22. The van der Waals surface area contributed by atoms with Gasteiger partial charge < -0.3 is 20.1 Å². The van der Waals surface area contributed by atoms with Crippen LogP contribution in [0, 0.1) is 0 Å². The maximum absolute atomic E-state index is 10.3. The van der Waals surface area contributed by atoms with Crippen molar-refractivity contribution in [3.63, 3.8) is 0 Å². The number of phenols is 1. The number of nitrogens with zero attached hydrogens (tertiary/aromatic N) is 1. The molecule has 3 N–H and O–H groups in total. The Balaban J connectivity index is 0.000000342. The number of carboxylic acid groups (broad SMARTS) is 2. The van der Waals surface area contributed by atoms with Crippen LogP contribution in [0.1, 0.15) is 36.8 Å². The number of fused-ring (bicyclic) bond motifs is 1. The van der Waals surface area contributed by atoms with E-state index in [1.807, 2.05) is 6.07 Å². The molecule has 2 aromatic carbocycles. The molecule has 2 heterocycles. The molecule has 0 unspecified atom stereocenters. The van der Waals surface area contributed by atoms with Crippen molar-refractivity contribution >= 4 is 11.9 Å². The quantitative estimate of drug-likeness (QED) is 0.649. The van der Waals surface area contributed by atoms with E-state index in [2.05, 4.69) is 41.3 Å². The van der Waals surface area contributed by atoms with Crippen LogP contribution < -0.4 is 4.74 Å². The largest absolute Gasteiger partial charge is 0.504 e. The Morgan fingerprint density at radius 3 is 2.48 bits per heavy atom. The van der Waals surface area contributed by atoms with Crippen LogP contribution in [0.2, 0.25) is 0 Å². The Bertz CT molecular complexity index is 950. The third-order valence-corrected chi connectivity index (χ3v) is 6.82. The molecule has 3 atom stereocenters. The van der Waals surface area contributed by atoms with Gasteiger partial charge in [0.05, 0.1) is 0 Å². The second-order valence-electron chi connectivity index (χ2n) is 8.44. The molecule has 2 aliphatic heterocycles. The van der Waals surface area contributed by atoms with Crippen molar-refractivity contribution in [3.05, 3.63) is 59.7 Å². The summed E-state index contributed by atoms with van der Waals surface area (Å²) in [5.41, 5.74) is 2.79. The number of benzene rings is 2. The van der Waals surface area contributed by atoms with E-state index in [-0.39, 0.29) is 11.5 Å². The molecule has 7 heteroatoms. The zero-order valence-electron chi connectivity index (χ0n) is 17.2. The van der Waals surface area contributed by atoms with Crippen LogP contribution in [0.4, 0.5) is 0 Å². The predicted molar refractivity (Wildman–Crippen MR) is 113 cm³/mol. The first-order valence-electron chi connectivity index (χ1n) is 10.7. The van der Waals surface area contributed by atoms with Gasteiger partial charge in [0, 0.05) is 23.6 Å². The van der Waals surface area contributed by atoms with Crippen molar-refractivity contribution in [2.75, 3.05) is 13.1 Å². The summed E-state index contributed by atoms with van der Waals surface area (Å²) in [7, 11) is 0. The number of phenolic OH excluding ortho intramolecular Hbond substituents is 1. The van der Waals surface area contributed by atoms with Gasteiger partial charge >= 0.3 is 11.9 Å². The highest BCUT2D eigenvalue weighted by molar-refractivity contribution is 6.27.